The van der Waals surface area contributed by atoms with Gasteiger partial charge < -0.3 is 14.2 Å². The molecular weight excluding hydrogens is 354 g/mol. The van der Waals surface area contributed by atoms with Crippen LogP contribution in [0.15, 0.2) is 28.8 Å². The van der Waals surface area contributed by atoms with Crippen molar-refractivity contribution in [3.63, 3.8) is 0 Å². The highest BCUT2D eigenvalue weighted by Gasteiger charge is 2.34. The molecule has 0 N–H and O–H groups in total. The number of nitrogens with zero attached hydrogens (tertiary/aromatic N) is 3. The molecular formula is C19H22ClN3O3. The molecule has 0 aliphatic carbocycles. The number of para-hydroxylation sites is 1. The number of halogens is 1. The lowest BCUT2D eigenvalue weighted by atomic mass is 10.1. The first-order chi connectivity index (χ1) is 12.6. The molecule has 1 amide bonds. The summed E-state index contributed by atoms with van der Waals surface area (Å²) in [6.07, 6.45) is 2.37. The van der Waals surface area contributed by atoms with Crippen LogP contribution in [-0.4, -0.2) is 53.1 Å². The van der Waals surface area contributed by atoms with Crippen molar-refractivity contribution >= 4 is 17.5 Å². The highest BCUT2D eigenvalue weighted by atomic mass is 35.5. The van der Waals surface area contributed by atoms with E-state index in [0.29, 0.717) is 33.8 Å². The maximum absolute atomic E-state index is 13.0. The zero-order chi connectivity index (χ0) is 18.1. The third-order valence-electron chi connectivity index (χ3n) is 5.27. The summed E-state index contributed by atoms with van der Waals surface area (Å²) in [6.45, 7) is 5.56. The first kappa shape index (κ1) is 17.4. The van der Waals surface area contributed by atoms with Crippen LogP contribution in [0.1, 0.15) is 34.7 Å². The van der Waals surface area contributed by atoms with E-state index in [9.17, 15) is 4.79 Å². The Labute approximate surface area is 157 Å². The van der Waals surface area contributed by atoms with Crippen molar-refractivity contribution < 1.29 is 14.1 Å². The van der Waals surface area contributed by atoms with E-state index in [1.54, 1.807) is 19.1 Å². The van der Waals surface area contributed by atoms with Crippen LogP contribution in [0.25, 0.3) is 0 Å². The fourth-order valence-electron chi connectivity index (χ4n) is 3.77. The van der Waals surface area contributed by atoms with Crippen LogP contribution in [0.3, 0.4) is 0 Å². The number of hydrogen-bond donors (Lipinski definition) is 0. The van der Waals surface area contributed by atoms with E-state index in [1.165, 1.54) is 6.42 Å². The van der Waals surface area contributed by atoms with Crippen molar-refractivity contribution in [2.24, 2.45) is 0 Å². The molecule has 2 aliphatic heterocycles. The molecule has 4 rings (SSSR count). The quantitative estimate of drug-likeness (QED) is 0.821. The minimum atomic E-state index is -0.0776. The first-order valence-electron chi connectivity index (χ1n) is 8.99. The summed E-state index contributed by atoms with van der Waals surface area (Å²) in [5.74, 6) is 1.10. The van der Waals surface area contributed by atoms with E-state index in [2.05, 4.69) is 10.1 Å². The fourth-order valence-corrected chi connectivity index (χ4v) is 3.96. The van der Waals surface area contributed by atoms with Gasteiger partial charge in [-0.25, -0.2) is 0 Å². The molecule has 1 aromatic heterocycles. The Bertz CT molecular complexity index is 807. The fraction of sp³-hybridized carbons (Fsp3) is 0.474. The normalized spacial score (nSPS) is 20.2. The molecule has 0 bridgehead atoms. The number of aromatic nitrogens is 1. The van der Waals surface area contributed by atoms with Crippen LogP contribution in [0.5, 0.6) is 5.75 Å². The van der Waals surface area contributed by atoms with Crippen molar-refractivity contribution in [1.29, 1.82) is 0 Å². The van der Waals surface area contributed by atoms with Crippen molar-refractivity contribution in [3.8, 4) is 5.75 Å². The lowest BCUT2D eigenvalue weighted by molar-refractivity contribution is 0.0559. The molecule has 26 heavy (non-hydrogen) atoms. The Balaban J connectivity index is 1.49. The van der Waals surface area contributed by atoms with Gasteiger partial charge in [0.2, 0.25) is 0 Å². The minimum Gasteiger partial charge on any atom is -0.487 e. The van der Waals surface area contributed by atoms with Gasteiger partial charge in [0.15, 0.2) is 5.69 Å². The molecule has 0 spiro atoms. The van der Waals surface area contributed by atoms with Gasteiger partial charge in [-0.2, -0.15) is 0 Å². The molecule has 0 saturated carbocycles. The molecule has 7 heteroatoms. The summed E-state index contributed by atoms with van der Waals surface area (Å²) in [6, 6.07) is 7.74. The number of rotatable bonds is 4. The minimum absolute atomic E-state index is 0.0776. The summed E-state index contributed by atoms with van der Waals surface area (Å²) in [7, 11) is 0. The lowest BCUT2D eigenvalue weighted by Gasteiger charge is -2.37. The number of amides is 1. The van der Waals surface area contributed by atoms with E-state index >= 15 is 0 Å². The topological polar surface area (TPSA) is 58.8 Å². The van der Waals surface area contributed by atoms with E-state index in [-0.39, 0.29) is 12.5 Å². The van der Waals surface area contributed by atoms with E-state index in [1.807, 2.05) is 17.0 Å². The molecule has 2 aromatic rings. The van der Waals surface area contributed by atoms with Gasteiger partial charge in [0.05, 0.1) is 10.6 Å². The molecule has 1 aromatic carbocycles. The first-order valence-corrected chi connectivity index (χ1v) is 9.37. The average molecular weight is 376 g/mol. The smallest absolute Gasteiger partial charge is 0.276 e. The van der Waals surface area contributed by atoms with Gasteiger partial charge in [0.25, 0.3) is 5.91 Å². The predicted octanol–water partition coefficient (Wildman–Crippen LogP) is 3.14. The zero-order valence-corrected chi connectivity index (χ0v) is 15.5. The maximum Gasteiger partial charge on any atom is 0.276 e. The van der Waals surface area contributed by atoms with Gasteiger partial charge in [0, 0.05) is 25.7 Å². The molecule has 6 nitrogen and oxygen atoms in total. The Morgan fingerprint density at radius 3 is 3.04 bits per heavy atom. The van der Waals surface area contributed by atoms with E-state index in [4.69, 9.17) is 20.9 Å². The van der Waals surface area contributed by atoms with Crippen LogP contribution in [0.2, 0.25) is 5.02 Å². The van der Waals surface area contributed by atoms with Gasteiger partial charge in [-0.05, 0) is 38.4 Å². The monoisotopic (exact) mass is 375 g/mol. The van der Waals surface area contributed by atoms with Gasteiger partial charge in [-0.1, -0.05) is 28.9 Å². The van der Waals surface area contributed by atoms with Crippen molar-refractivity contribution in [3.05, 3.63) is 46.3 Å². The van der Waals surface area contributed by atoms with Crippen molar-refractivity contribution in [1.82, 2.24) is 15.0 Å². The summed E-state index contributed by atoms with van der Waals surface area (Å²) >= 11 is 6.14. The van der Waals surface area contributed by atoms with Crippen molar-refractivity contribution in [2.45, 2.75) is 32.4 Å². The largest absolute Gasteiger partial charge is 0.487 e. The van der Waals surface area contributed by atoms with Gasteiger partial charge in [-0.3, -0.25) is 9.69 Å². The number of piperazine rings is 1. The lowest BCUT2D eigenvalue weighted by Crippen LogP contribution is -2.52. The van der Waals surface area contributed by atoms with Gasteiger partial charge in [0.1, 0.15) is 18.1 Å². The number of fused-ring (bicyclic) bond motifs is 1. The molecule has 1 unspecified atom stereocenters. The number of aryl methyl sites for hydroxylation is 1. The number of hydrogen-bond acceptors (Lipinski definition) is 5. The molecule has 1 atom stereocenters. The summed E-state index contributed by atoms with van der Waals surface area (Å²) in [4.78, 5) is 17.4. The Kier molecular flexibility index (Phi) is 4.87. The molecule has 0 radical (unpaired) electrons. The molecule has 138 valence electrons. The second-order valence-electron chi connectivity index (χ2n) is 6.87. The average Bonchev–Trinajstić information content (AvgIpc) is 3.26. The van der Waals surface area contributed by atoms with E-state index < -0.39 is 0 Å². The Morgan fingerprint density at radius 1 is 1.35 bits per heavy atom. The highest BCUT2D eigenvalue weighted by Crippen LogP contribution is 2.27. The van der Waals surface area contributed by atoms with Crippen LogP contribution < -0.4 is 4.74 Å². The SMILES string of the molecule is Cc1onc(C(=O)N2CCN3CCCC3C2)c1COc1ccccc1Cl. The number of carbonyl (C=O) groups excluding carboxylic acids is 1. The summed E-state index contributed by atoms with van der Waals surface area (Å²) < 4.78 is 11.1. The van der Waals surface area contributed by atoms with Gasteiger partial charge in [-0.15, -0.1) is 0 Å². The second-order valence-corrected chi connectivity index (χ2v) is 7.28. The molecule has 3 heterocycles. The second kappa shape index (κ2) is 7.29. The zero-order valence-electron chi connectivity index (χ0n) is 14.8. The summed E-state index contributed by atoms with van der Waals surface area (Å²) in [5.41, 5.74) is 1.03. The van der Waals surface area contributed by atoms with Crippen LogP contribution in [-0.2, 0) is 6.61 Å². The third-order valence-corrected chi connectivity index (χ3v) is 5.58. The van der Waals surface area contributed by atoms with Crippen molar-refractivity contribution in [2.75, 3.05) is 26.2 Å². The summed E-state index contributed by atoms with van der Waals surface area (Å²) in [5, 5.41) is 4.55. The Morgan fingerprint density at radius 2 is 2.19 bits per heavy atom. The van der Waals surface area contributed by atoms with Crippen LogP contribution >= 0.6 is 11.6 Å². The molecule has 2 saturated heterocycles. The standard InChI is InChI=1S/C19H22ClN3O3/c1-13-15(12-25-17-7-3-2-6-16(17)20)18(21-26-13)19(24)23-10-9-22-8-4-5-14(22)11-23/h2-3,6-7,14H,4-5,8-12H2,1H3. The molecule has 2 aliphatic rings. The highest BCUT2D eigenvalue weighted by molar-refractivity contribution is 6.32. The van der Waals surface area contributed by atoms with Crippen LogP contribution in [0.4, 0.5) is 0 Å². The number of carbonyl (C=O) groups is 1. The number of ether oxygens (including phenoxy) is 1. The predicted molar refractivity (Wildman–Crippen MR) is 97.5 cm³/mol. The Hall–Kier alpha value is -2.05. The van der Waals surface area contributed by atoms with E-state index in [0.717, 1.165) is 32.6 Å². The molecule has 2 fully saturated rings. The number of benzene rings is 1. The van der Waals surface area contributed by atoms with Crippen LogP contribution in [0, 0.1) is 6.92 Å². The maximum atomic E-state index is 13.0. The third kappa shape index (κ3) is 3.31. The van der Waals surface area contributed by atoms with Gasteiger partial charge >= 0.3 is 0 Å².